The summed E-state index contributed by atoms with van der Waals surface area (Å²) in [6.45, 7) is 3.70. The molecule has 1 aromatic heterocycles. The number of nitrogens with one attached hydrogen (secondary N) is 2. The van der Waals surface area contributed by atoms with Gasteiger partial charge in [0.2, 0.25) is 0 Å². The summed E-state index contributed by atoms with van der Waals surface area (Å²) in [7, 11) is 0. The molecule has 0 saturated heterocycles. The third kappa shape index (κ3) is 3.92. The van der Waals surface area contributed by atoms with Gasteiger partial charge in [0.25, 0.3) is 11.8 Å². The first-order chi connectivity index (χ1) is 12.0. The van der Waals surface area contributed by atoms with Gasteiger partial charge in [0.1, 0.15) is 4.88 Å². The van der Waals surface area contributed by atoms with Gasteiger partial charge < -0.3 is 10.6 Å². The molecule has 0 bridgehead atoms. The van der Waals surface area contributed by atoms with Crippen molar-refractivity contribution in [3.8, 4) is 0 Å². The first-order valence-corrected chi connectivity index (χ1v) is 8.61. The van der Waals surface area contributed by atoms with E-state index in [1.54, 1.807) is 30.6 Å². The molecule has 0 aliphatic heterocycles. The number of hydrogen-bond acceptors (Lipinski definition) is 4. The molecule has 25 heavy (non-hydrogen) atoms. The standard InChI is InChI=1S/C19H17N3O2S/c1-12-8-9-15(21-18(23)14-6-4-3-5-7-14)10-16(12)22-19(24)17-13(2)20-11-25-17/h3-11H,1-2H3,(H,21,23)(H,22,24). The predicted octanol–water partition coefficient (Wildman–Crippen LogP) is 4.26. The Bertz CT molecular complexity index is 919. The van der Waals surface area contributed by atoms with Crippen LogP contribution in [0.2, 0.25) is 0 Å². The van der Waals surface area contributed by atoms with Gasteiger partial charge in [-0.25, -0.2) is 4.98 Å². The number of aryl methyl sites for hydroxylation is 2. The van der Waals surface area contributed by atoms with Crippen molar-refractivity contribution >= 4 is 34.5 Å². The second-order valence-electron chi connectivity index (χ2n) is 5.57. The Hall–Kier alpha value is -2.99. The molecule has 3 rings (SSSR count). The summed E-state index contributed by atoms with van der Waals surface area (Å²) in [5.41, 5.74) is 5.11. The molecule has 1 heterocycles. The molecule has 0 radical (unpaired) electrons. The molecule has 0 aliphatic rings. The van der Waals surface area contributed by atoms with Crippen LogP contribution in [0.3, 0.4) is 0 Å². The van der Waals surface area contributed by atoms with E-state index >= 15 is 0 Å². The van der Waals surface area contributed by atoms with E-state index in [4.69, 9.17) is 0 Å². The van der Waals surface area contributed by atoms with E-state index in [-0.39, 0.29) is 11.8 Å². The highest BCUT2D eigenvalue weighted by molar-refractivity contribution is 7.12. The minimum absolute atomic E-state index is 0.194. The van der Waals surface area contributed by atoms with Gasteiger partial charge in [-0.1, -0.05) is 24.3 Å². The quantitative estimate of drug-likeness (QED) is 0.737. The Labute approximate surface area is 149 Å². The summed E-state index contributed by atoms with van der Waals surface area (Å²) in [5.74, 6) is -0.394. The van der Waals surface area contributed by atoms with Gasteiger partial charge in [0.05, 0.1) is 11.2 Å². The molecule has 126 valence electrons. The predicted molar refractivity (Wildman–Crippen MR) is 100 cm³/mol. The maximum absolute atomic E-state index is 12.4. The molecular formula is C19H17N3O2S. The number of aromatic nitrogens is 1. The minimum Gasteiger partial charge on any atom is -0.322 e. The van der Waals surface area contributed by atoms with Crippen LogP contribution in [0, 0.1) is 13.8 Å². The summed E-state index contributed by atoms with van der Waals surface area (Å²) in [5, 5.41) is 5.73. The molecule has 2 aromatic carbocycles. The number of anilines is 2. The summed E-state index contributed by atoms with van der Waals surface area (Å²) >= 11 is 1.30. The van der Waals surface area contributed by atoms with Crippen LogP contribution in [-0.4, -0.2) is 16.8 Å². The number of thiazole rings is 1. The van der Waals surface area contributed by atoms with E-state index in [1.807, 2.05) is 37.3 Å². The highest BCUT2D eigenvalue weighted by Crippen LogP contribution is 2.23. The molecule has 6 heteroatoms. The van der Waals surface area contributed by atoms with Gasteiger partial charge in [-0.3, -0.25) is 9.59 Å². The molecule has 3 aromatic rings. The molecular weight excluding hydrogens is 334 g/mol. The molecule has 0 aliphatic carbocycles. The summed E-state index contributed by atoms with van der Waals surface area (Å²) in [4.78, 5) is 29.3. The highest BCUT2D eigenvalue weighted by atomic mass is 32.1. The minimum atomic E-state index is -0.199. The average Bonchev–Trinajstić information content (AvgIpc) is 3.04. The number of hydrogen-bond donors (Lipinski definition) is 2. The van der Waals surface area contributed by atoms with E-state index in [0.717, 1.165) is 5.56 Å². The van der Waals surface area contributed by atoms with Crippen LogP contribution in [0.5, 0.6) is 0 Å². The Balaban J connectivity index is 1.78. The summed E-state index contributed by atoms with van der Waals surface area (Å²) in [6, 6.07) is 14.4. The molecule has 0 atom stereocenters. The largest absolute Gasteiger partial charge is 0.322 e. The number of carbonyl (C=O) groups is 2. The van der Waals surface area contributed by atoms with E-state index in [0.29, 0.717) is 27.5 Å². The molecule has 0 fully saturated rings. The Morgan fingerprint density at radius 3 is 2.40 bits per heavy atom. The fourth-order valence-electron chi connectivity index (χ4n) is 2.33. The van der Waals surface area contributed by atoms with Crippen molar-refractivity contribution in [1.29, 1.82) is 0 Å². The molecule has 0 spiro atoms. The van der Waals surface area contributed by atoms with E-state index < -0.39 is 0 Å². The van der Waals surface area contributed by atoms with E-state index in [9.17, 15) is 9.59 Å². The first kappa shape index (κ1) is 16.9. The molecule has 2 amide bonds. The fraction of sp³-hybridized carbons (Fsp3) is 0.105. The van der Waals surface area contributed by atoms with Gasteiger partial charge in [-0.05, 0) is 43.7 Å². The lowest BCUT2D eigenvalue weighted by Gasteiger charge is -2.11. The lowest BCUT2D eigenvalue weighted by atomic mass is 10.1. The summed E-state index contributed by atoms with van der Waals surface area (Å²) < 4.78 is 0. The van der Waals surface area contributed by atoms with Crippen molar-refractivity contribution in [1.82, 2.24) is 4.98 Å². The van der Waals surface area contributed by atoms with Crippen LogP contribution in [0.15, 0.2) is 54.0 Å². The lowest BCUT2D eigenvalue weighted by Crippen LogP contribution is -2.14. The number of nitrogens with zero attached hydrogens (tertiary/aromatic N) is 1. The number of amides is 2. The Morgan fingerprint density at radius 2 is 1.72 bits per heavy atom. The molecule has 0 saturated carbocycles. The third-order valence-corrected chi connectivity index (χ3v) is 4.66. The molecule has 0 unspecified atom stereocenters. The molecule has 5 nitrogen and oxygen atoms in total. The number of carbonyl (C=O) groups excluding carboxylic acids is 2. The van der Waals surface area contributed by atoms with Gasteiger partial charge in [0, 0.05) is 16.9 Å². The van der Waals surface area contributed by atoms with Crippen molar-refractivity contribution < 1.29 is 9.59 Å². The third-order valence-electron chi connectivity index (χ3n) is 3.73. The lowest BCUT2D eigenvalue weighted by molar-refractivity contribution is 0.102. The monoisotopic (exact) mass is 351 g/mol. The number of benzene rings is 2. The smallest absolute Gasteiger partial charge is 0.267 e. The zero-order valence-corrected chi connectivity index (χ0v) is 14.7. The maximum Gasteiger partial charge on any atom is 0.267 e. The fourth-order valence-corrected chi connectivity index (χ4v) is 3.02. The van der Waals surface area contributed by atoms with Gasteiger partial charge in [-0.2, -0.15) is 0 Å². The zero-order valence-electron chi connectivity index (χ0n) is 13.9. The van der Waals surface area contributed by atoms with Crippen LogP contribution < -0.4 is 10.6 Å². The number of rotatable bonds is 4. The van der Waals surface area contributed by atoms with Crippen molar-refractivity contribution in [2.45, 2.75) is 13.8 Å². The van der Waals surface area contributed by atoms with E-state index in [2.05, 4.69) is 15.6 Å². The van der Waals surface area contributed by atoms with Crippen molar-refractivity contribution in [3.63, 3.8) is 0 Å². The highest BCUT2D eigenvalue weighted by Gasteiger charge is 2.14. The SMILES string of the molecule is Cc1ccc(NC(=O)c2ccccc2)cc1NC(=O)c1scnc1C. The van der Waals surface area contributed by atoms with Crippen LogP contribution in [0.1, 0.15) is 31.3 Å². The Kier molecular flexibility index (Phi) is 4.90. The maximum atomic E-state index is 12.4. The zero-order chi connectivity index (χ0) is 17.8. The second-order valence-corrected chi connectivity index (χ2v) is 6.43. The normalized spacial score (nSPS) is 10.3. The molecule has 2 N–H and O–H groups in total. The van der Waals surface area contributed by atoms with Gasteiger partial charge in [-0.15, -0.1) is 11.3 Å². The van der Waals surface area contributed by atoms with E-state index in [1.165, 1.54) is 11.3 Å². The first-order valence-electron chi connectivity index (χ1n) is 7.73. The van der Waals surface area contributed by atoms with Crippen LogP contribution in [-0.2, 0) is 0 Å². The second kappa shape index (κ2) is 7.27. The van der Waals surface area contributed by atoms with Crippen molar-refractivity contribution in [2.24, 2.45) is 0 Å². The topological polar surface area (TPSA) is 71.1 Å². The van der Waals surface area contributed by atoms with Gasteiger partial charge in [0.15, 0.2) is 0 Å². The van der Waals surface area contributed by atoms with Crippen molar-refractivity contribution in [2.75, 3.05) is 10.6 Å². The van der Waals surface area contributed by atoms with Crippen LogP contribution >= 0.6 is 11.3 Å². The van der Waals surface area contributed by atoms with Crippen LogP contribution in [0.4, 0.5) is 11.4 Å². The Morgan fingerprint density at radius 1 is 0.960 bits per heavy atom. The van der Waals surface area contributed by atoms with Crippen molar-refractivity contribution in [3.05, 3.63) is 75.7 Å². The van der Waals surface area contributed by atoms with Gasteiger partial charge >= 0.3 is 0 Å². The summed E-state index contributed by atoms with van der Waals surface area (Å²) in [6.07, 6.45) is 0. The van der Waals surface area contributed by atoms with Crippen LogP contribution in [0.25, 0.3) is 0 Å². The average molecular weight is 351 g/mol.